The van der Waals surface area contributed by atoms with Gasteiger partial charge in [0.2, 0.25) is 0 Å². The Hall–Kier alpha value is -1.69. The monoisotopic (exact) mass is 251 g/mol. The number of hydrogen-bond donors (Lipinski definition) is 0. The van der Waals surface area contributed by atoms with Crippen molar-refractivity contribution in [3.63, 3.8) is 0 Å². The van der Waals surface area contributed by atoms with E-state index in [9.17, 15) is 8.42 Å². The highest BCUT2D eigenvalue weighted by Crippen LogP contribution is 2.13. The highest BCUT2D eigenvalue weighted by atomic mass is 32.2. The number of benzene rings is 1. The lowest BCUT2D eigenvalue weighted by atomic mass is 10.2. The van der Waals surface area contributed by atoms with Gasteiger partial charge >= 0.3 is 0 Å². The third-order valence-corrected chi connectivity index (χ3v) is 3.92. The number of aromatic nitrogens is 3. The Labute approximate surface area is 100 Å². The molecule has 0 atom stereocenters. The molecule has 0 aliphatic heterocycles. The molecule has 0 fully saturated rings. The van der Waals surface area contributed by atoms with Crippen molar-refractivity contribution in [3.8, 4) is 11.4 Å². The highest BCUT2D eigenvalue weighted by molar-refractivity contribution is 7.89. The van der Waals surface area contributed by atoms with Crippen molar-refractivity contribution in [3.05, 3.63) is 36.7 Å². The van der Waals surface area contributed by atoms with Crippen molar-refractivity contribution in [2.24, 2.45) is 0 Å². The molecule has 90 valence electrons. The zero-order valence-electron chi connectivity index (χ0n) is 9.44. The smallest absolute Gasteiger partial charge is 0.214 e. The molecule has 0 spiro atoms. The first kappa shape index (κ1) is 11.8. The summed E-state index contributed by atoms with van der Waals surface area (Å²) in [6.45, 7) is 1.81. The third-order valence-electron chi connectivity index (χ3n) is 2.25. The fourth-order valence-corrected chi connectivity index (χ4v) is 2.55. The van der Waals surface area contributed by atoms with E-state index < -0.39 is 10.0 Å². The summed E-state index contributed by atoms with van der Waals surface area (Å²) in [5, 5.41) is 3.99. The molecular weight excluding hydrogens is 238 g/mol. The van der Waals surface area contributed by atoms with E-state index in [1.807, 2.05) is 37.3 Å². The summed E-state index contributed by atoms with van der Waals surface area (Å²) < 4.78 is 24.4. The third kappa shape index (κ3) is 2.52. The fourth-order valence-electron chi connectivity index (χ4n) is 1.45. The van der Waals surface area contributed by atoms with Gasteiger partial charge in [0.1, 0.15) is 6.33 Å². The summed E-state index contributed by atoms with van der Waals surface area (Å²) in [6, 6.07) is 9.28. The van der Waals surface area contributed by atoms with Gasteiger partial charge in [0.15, 0.2) is 5.82 Å². The molecule has 0 radical (unpaired) electrons. The van der Waals surface area contributed by atoms with E-state index in [-0.39, 0.29) is 5.75 Å². The predicted molar refractivity (Wildman–Crippen MR) is 64.9 cm³/mol. The first-order valence-corrected chi connectivity index (χ1v) is 6.95. The SMILES string of the molecule is CCCS(=O)(=O)n1cnc(-c2ccccc2)n1. The minimum absolute atomic E-state index is 0.0740. The largest absolute Gasteiger partial charge is 0.255 e. The van der Waals surface area contributed by atoms with Gasteiger partial charge in [0.25, 0.3) is 10.0 Å². The Balaban J connectivity index is 2.35. The van der Waals surface area contributed by atoms with Crippen LogP contribution in [-0.4, -0.2) is 28.3 Å². The van der Waals surface area contributed by atoms with Crippen molar-refractivity contribution < 1.29 is 8.42 Å². The molecule has 1 aromatic heterocycles. The fraction of sp³-hybridized carbons (Fsp3) is 0.273. The zero-order chi connectivity index (χ0) is 12.3. The molecule has 2 rings (SSSR count). The second-order valence-electron chi connectivity index (χ2n) is 3.62. The average Bonchev–Trinajstić information content (AvgIpc) is 2.80. The highest BCUT2D eigenvalue weighted by Gasteiger charge is 2.14. The minimum Gasteiger partial charge on any atom is -0.214 e. The van der Waals surface area contributed by atoms with E-state index >= 15 is 0 Å². The Morgan fingerprint density at radius 2 is 1.94 bits per heavy atom. The molecule has 6 heteroatoms. The summed E-state index contributed by atoms with van der Waals surface area (Å²) >= 11 is 0. The van der Waals surface area contributed by atoms with Crippen molar-refractivity contribution in [2.45, 2.75) is 13.3 Å². The average molecular weight is 251 g/mol. The molecule has 17 heavy (non-hydrogen) atoms. The molecule has 0 bridgehead atoms. The van der Waals surface area contributed by atoms with Gasteiger partial charge in [-0.2, -0.15) is 0 Å². The van der Waals surface area contributed by atoms with Crippen molar-refractivity contribution in [2.75, 3.05) is 5.75 Å². The van der Waals surface area contributed by atoms with E-state index in [0.717, 1.165) is 9.65 Å². The van der Waals surface area contributed by atoms with Crippen molar-refractivity contribution in [1.82, 2.24) is 14.2 Å². The van der Waals surface area contributed by atoms with Gasteiger partial charge in [-0.3, -0.25) is 0 Å². The van der Waals surface area contributed by atoms with Crippen LogP contribution in [0.25, 0.3) is 11.4 Å². The Bertz CT molecular complexity index is 590. The van der Waals surface area contributed by atoms with E-state index in [1.54, 1.807) is 0 Å². The zero-order valence-corrected chi connectivity index (χ0v) is 10.3. The van der Waals surface area contributed by atoms with Gasteiger partial charge in [0, 0.05) is 5.56 Å². The Morgan fingerprint density at radius 3 is 2.59 bits per heavy atom. The molecule has 0 saturated carbocycles. The molecule has 5 nitrogen and oxygen atoms in total. The van der Waals surface area contributed by atoms with Crippen molar-refractivity contribution >= 4 is 10.0 Å². The van der Waals surface area contributed by atoms with E-state index in [2.05, 4.69) is 10.1 Å². The Morgan fingerprint density at radius 1 is 1.24 bits per heavy atom. The maximum absolute atomic E-state index is 11.7. The summed E-state index contributed by atoms with van der Waals surface area (Å²) in [5.74, 6) is 0.496. The van der Waals surface area contributed by atoms with Crippen LogP contribution in [-0.2, 0) is 10.0 Å². The summed E-state index contributed by atoms with van der Waals surface area (Å²) in [4.78, 5) is 4.01. The molecule has 0 saturated heterocycles. The van der Waals surface area contributed by atoms with E-state index in [1.165, 1.54) is 6.33 Å². The molecule has 0 aliphatic rings. The molecule has 0 aliphatic carbocycles. The maximum atomic E-state index is 11.7. The number of hydrogen-bond acceptors (Lipinski definition) is 4. The van der Waals surface area contributed by atoms with Gasteiger partial charge < -0.3 is 0 Å². The van der Waals surface area contributed by atoms with E-state index in [0.29, 0.717) is 12.2 Å². The summed E-state index contributed by atoms with van der Waals surface area (Å²) in [5.41, 5.74) is 0.804. The van der Waals surface area contributed by atoms with Crippen LogP contribution in [0, 0.1) is 0 Å². The topological polar surface area (TPSA) is 64.8 Å². The summed E-state index contributed by atoms with van der Waals surface area (Å²) in [7, 11) is -3.35. The van der Waals surface area contributed by atoms with Crippen LogP contribution in [0.4, 0.5) is 0 Å². The summed E-state index contributed by atoms with van der Waals surface area (Å²) in [6.07, 6.45) is 1.80. The van der Waals surface area contributed by atoms with Crippen LogP contribution in [0.3, 0.4) is 0 Å². The Kier molecular flexibility index (Phi) is 3.23. The maximum Gasteiger partial charge on any atom is 0.255 e. The molecule has 1 heterocycles. The molecule has 0 amide bonds. The lowest BCUT2D eigenvalue weighted by Crippen LogP contribution is -2.16. The van der Waals surface area contributed by atoms with Gasteiger partial charge in [-0.25, -0.2) is 13.4 Å². The second-order valence-corrected chi connectivity index (χ2v) is 5.57. The van der Waals surface area contributed by atoms with Crippen LogP contribution >= 0.6 is 0 Å². The number of nitrogens with zero attached hydrogens (tertiary/aromatic N) is 3. The normalized spacial score (nSPS) is 11.6. The first-order valence-electron chi connectivity index (χ1n) is 5.34. The van der Waals surface area contributed by atoms with Crippen LogP contribution < -0.4 is 0 Å². The van der Waals surface area contributed by atoms with Gasteiger partial charge in [-0.15, -0.1) is 9.19 Å². The lowest BCUT2D eigenvalue weighted by molar-refractivity contribution is 0.578. The van der Waals surface area contributed by atoms with Gasteiger partial charge in [0.05, 0.1) is 5.75 Å². The second kappa shape index (κ2) is 4.67. The quantitative estimate of drug-likeness (QED) is 0.826. The van der Waals surface area contributed by atoms with Gasteiger partial charge in [-0.05, 0) is 6.42 Å². The molecule has 0 unspecified atom stereocenters. The van der Waals surface area contributed by atoms with Crippen LogP contribution in [0.1, 0.15) is 13.3 Å². The minimum atomic E-state index is -3.35. The van der Waals surface area contributed by atoms with Gasteiger partial charge in [-0.1, -0.05) is 37.3 Å². The number of rotatable bonds is 4. The lowest BCUT2D eigenvalue weighted by Gasteiger charge is -2.00. The molecule has 0 N–H and O–H groups in total. The first-order chi connectivity index (χ1) is 8.13. The predicted octanol–water partition coefficient (Wildman–Crippen LogP) is 1.53. The standard InChI is InChI=1S/C11H13N3O2S/c1-2-8-17(15,16)14-9-12-11(13-14)10-6-4-3-5-7-10/h3-7,9H,2,8H2,1H3. The molecule has 2 aromatic rings. The molecule has 1 aromatic carbocycles. The van der Waals surface area contributed by atoms with E-state index in [4.69, 9.17) is 0 Å². The van der Waals surface area contributed by atoms with Crippen LogP contribution in [0.15, 0.2) is 36.7 Å². The van der Waals surface area contributed by atoms with Crippen LogP contribution in [0.2, 0.25) is 0 Å². The molecular formula is C11H13N3O2S. The van der Waals surface area contributed by atoms with Crippen molar-refractivity contribution in [1.29, 1.82) is 0 Å². The van der Waals surface area contributed by atoms with Crippen LogP contribution in [0.5, 0.6) is 0 Å².